The summed E-state index contributed by atoms with van der Waals surface area (Å²) in [6.07, 6.45) is -0.142. The summed E-state index contributed by atoms with van der Waals surface area (Å²) in [6, 6.07) is 15.9. The van der Waals surface area contributed by atoms with Gasteiger partial charge in [0.25, 0.3) is 0 Å². The van der Waals surface area contributed by atoms with Crippen LogP contribution in [0.25, 0.3) is 5.69 Å². The van der Waals surface area contributed by atoms with Crippen LogP contribution in [-0.2, 0) is 16.1 Å². The van der Waals surface area contributed by atoms with Crippen molar-refractivity contribution in [2.24, 2.45) is 0 Å². The molecule has 3 rings (SSSR count). The highest BCUT2D eigenvalue weighted by Gasteiger charge is 2.17. The van der Waals surface area contributed by atoms with Crippen LogP contribution in [0.2, 0.25) is 0 Å². The topological polar surface area (TPSA) is 78.3 Å². The Morgan fingerprint density at radius 2 is 1.81 bits per heavy atom. The number of hydrogen-bond acceptors (Lipinski definition) is 7. The number of thioether (sulfide) groups is 1. The van der Waals surface area contributed by atoms with Crippen molar-refractivity contribution in [3.8, 4) is 11.4 Å². The molecule has 0 amide bonds. The van der Waals surface area contributed by atoms with Crippen molar-refractivity contribution in [1.82, 2.24) is 14.8 Å². The Morgan fingerprint density at radius 1 is 1.10 bits per heavy atom. The van der Waals surface area contributed by atoms with Crippen molar-refractivity contribution in [2.45, 2.75) is 45.5 Å². The molecule has 0 aliphatic carbocycles. The number of hydrogen-bond donors (Lipinski definition) is 1. The van der Waals surface area contributed by atoms with Crippen molar-refractivity contribution < 1.29 is 14.3 Å². The number of esters is 1. The van der Waals surface area contributed by atoms with Gasteiger partial charge in [0.2, 0.25) is 0 Å². The smallest absolute Gasteiger partial charge is 0.316 e. The van der Waals surface area contributed by atoms with Gasteiger partial charge in [-0.05, 0) is 64.1 Å². The van der Waals surface area contributed by atoms with Gasteiger partial charge in [-0.25, -0.2) is 0 Å². The van der Waals surface area contributed by atoms with E-state index in [1.807, 2.05) is 80.8 Å². The molecule has 0 atom stereocenters. The van der Waals surface area contributed by atoms with Crippen LogP contribution in [0.5, 0.6) is 5.75 Å². The van der Waals surface area contributed by atoms with E-state index in [0.717, 1.165) is 22.9 Å². The van der Waals surface area contributed by atoms with Gasteiger partial charge in [0.15, 0.2) is 11.0 Å². The molecule has 7 nitrogen and oxygen atoms in total. The fraction of sp³-hybridized carbons (Fsp3) is 0.348. The standard InChI is InChI=1S/C23H28N4O3S/c1-5-29-20-12-8-18(9-13-20)24-14-21-25-26-23(31-15-22(28)30-16(2)3)27(21)19-10-6-17(4)7-11-19/h6-13,16,24H,5,14-15H2,1-4H3. The molecule has 0 saturated carbocycles. The highest BCUT2D eigenvalue weighted by atomic mass is 32.2. The molecule has 0 aliphatic rings. The zero-order valence-electron chi connectivity index (χ0n) is 18.3. The van der Waals surface area contributed by atoms with Crippen LogP contribution >= 0.6 is 11.8 Å². The molecule has 1 heterocycles. The molecule has 0 unspecified atom stereocenters. The van der Waals surface area contributed by atoms with Crippen LogP contribution in [0.4, 0.5) is 5.69 Å². The molecule has 8 heteroatoms. The number of nitrogens with one attached hydrogen (secondary N) is 1. The first-order valence-corrected chi connectivity index (χ1v) is 11.2. The van der Waals surface area contributed by atoms with Crippen molar-refractivity contribution in [3.63, 3.8) is 0 Å². The number of carbonyl (C=O) groups is 1. The summed E-state index contributed by atoms with van der Waals surface area (Å²) in [5.74, 6) is 1.49. The van der Waals surface area contributed by atoms with E-state index in [9.17, 15) is 4.79 Å². The minimum absolute atomic E-state index is 0.142. The normalized spacial score (nSPS) is 10.9. The Hall–Kier alpha value is -3.00. The van der Waals surface area contributed by atoms with Crippen molar-refractivity contribution in [2.75, 3.05) is 17.7 Å². The lowest BCUT2D eigenvalue weighted by Gasteiger charge is -2.12. The fourth-order valence-corrected chi connectivity index (χ4v) is 3.65. The predicted octanol–water partition coefficient (Wildman–Crippen LogP) is 4.63. The molecule has 0 saturated heterocycles. The van der Waals surface area contributed by atoms with Crippen molar-refractivity contribution in [3.05, 3.63) is 59.9 Å². The van der Waals surface area contributed by atoms with Crippen molar-refractivity contribution in [1.29, 1.82) is 0 Å². The van der Waals surface area contributed by atoms with Gasteiger partial charge in [-0.3, -0.25) is 9.36 Å². The number of benzene rings is 2. The highest BCUT2D eigenvalue weighted by Crippen LogP contribution is 2.24. The van der Waals surface area contributed by atoms with Gasteiger partial charge in [-0.15, -0.1) is 10.2 Å². The molecule has 0 aliphatic heterocycles. The summed E-state index contributed by atoms with van der Waals surface area (Å²) in [6.45, 7) is 8.79. The van der Waals surface area contributed by atoms with Gasteiger partial charge in [0, 0.05) is 11.4 Å². The zero-order chi connectivity index (χ0) is 22.2. The van der Waals surface area contributed by atoms with E-state index < -0.39 is 0 Å². The maximum Gasteiger partial charge on any atom is 0.316 e. The van der Waals surface area contributed by atoms with Crippen LogP contribution in [-0.4, -0.2) is 39.2 Å². The maximum absolute atomic E-state index is 12.0. The lowest BCUT2D eigenvalue weighted by Crippen LogP contribution is -2.14. The molecule has 0 bridgehead atoms. The maximum atomic E-state index is 12.0. The van der Waals surface area contributed by atoms with E-state index in [-0.39, 0.29) is 17.8 Å². The third-order valence-corrected chi connectivity index (χ3v) is 5.20. The number of nitrogens with zero attached hydrogens (tertiary/aromatic N) is 3. The Labute approximate surface area is 187 Å². The average molecular weight is 441 g/mol. The number of rotatable bonds is 10. The molecule has 0 fully saturated rings. The molecule has 3 aromatic rings. The minimum atomic E-state index is -0.271. The molecule has 1 N–H and O–H groups in total. The fourth-order valence-electron chi connectivity index (χ4n) is 2.90. The molecule has 2 aromatic carbocycles. The lowest BCUT2D eigenvalue weighted by atomic mass is 10.2. The molecule has 164 valence electrons. The average Bonchev–Trinajstić information content (AvgIpc) is 3.15. The first-order valence-electron chi connectivity index (χ1n) is 10.3. The van der Waals surface area contributed by atoms with Gasteiger partial charge in [-0.2, -0.15) is 0 Å². The molecule has 0 radical (unpaired) electrons. The number of carbonyl (C=O) groups excluding carboxylic acids is 1. The predicted molar refractivity (Wildman–Crippen MR) is 123 cm³/mol. The Kier molecular flexibility index (Phi) is 7.94. The van der Waals surface area contributed by atoms with Gasteiger partial charge in [0.1, 0.15) is 5.75 Å². The Morgan fingerprint density at radius 3 is 2.45 bits per heavy atom. The summed E-state index contributed by atoms with van der Waals surface area (Å²) >= 11 is 1.32. The second-order valence-corrected chi connectivity index (χ2v) is 8.15. The van der Waals surface area contributed by atoms with Crippen molar-refractivity contribution >= 4 is 23.4 Å². The van der Waals surface area contributed by atoms with E-state index >= 15 is 0 Å². The second-order valence-electron chi connectivity index (χ2n) is 7.21. The molecular weight excluding hydrogens is 412 g/mol. The molecule has 31 heavy (non-hydrogen) atoms. The zero-order valence-corrected chi connectivity index (χ0v) is 19.1. The Balaban J connectivity index is 1.78. The molecular formula is C23H28N4O3S. The number of anilines is 1. The third kappa shape index (κ3) is 6.49. The van der Waals surface area contributed by atoms with Gasteiger partial charge in [-0.1, -0.05) is 29.5 Å². The van der Waals surface area contributed by atoms with Gasteiger partial charge >= 0.3 is 5.97 Å². The minimum Gasteiger partial charge on any atom is -0.494 e. The van der Waals surface area contributed by atoms with E-state index in [1.165, 1.54) is 17.3 Å². The van der Waals surface area contributed by atoms with Crippen LogP contribution < -0.4 is 10.1 Å². The summed E-state index contributed by atoms with van der Waals surface area (Å²) in [7, 11) is 0. The third-order valence-electron chi connectivity index (χ3n) is 4.29. The van der Waals surface area contributed by atoms with Gasteiger partial charge < -0.3 is 14.8 Å². The number of aryl methyl sites for hydroxylation is 1. The molecule has 1 aromatic heterocycles. The Bertz CT molecular complexity index is 985. The van der Waals surface area contributed by atoms with E-state index in [0.29, 0.717) is 18.3 Å². The summed E-state index contributed by atoms with van der Waals surface area (Å²) in [5, 5.41) is 12.7. The number of ether oxygens (including phenoxy) is 2. The van der Waals surface area contributed by atoms with Crippen LogP contribution in [0.15, 0.2) is 53.7 Å². The largest absolute Gasteiger partial charge is 0.494 e. The summed E-state index contributed by atoms with van der Waals surface area (Å²) in [5.41, 5.74) is 3.07. The van der Waals surface area contributed by atoms with Crippen LogP contribution in [0, 0.1) is 6.92 Å². The quantitative estimate of drug-likeness (QED) is 0.364. The summed E-state index contributed by atoms with van der Waals surface area (Å²) in [4.78, 5) is 12.0. The number of aromatic nitrogens is 3. The van der Waals surface area contributed by atoms with Gasteiger partial charge in [0.05, 0.1) is 25.0 Å². The van der Waals surface area contributed by atoms with E-state index in [4.69, 9.17) is 9.47 Å². The van der Waals surface area contributed by atoms with E-state index in [1.54, 1.807) is 0 Å². The lowest BCUT2D eigenvalue weighted by molar-refractivity contribution is -0.144. The van der Waals surface area contributed by atoms with E-state index in [2.05, 4.69) is 15.5 Å². The molecule has 0 spiro atoms. The SMILES string of the molecule is CCOc1ccc(NCc2nnc(SCC(=O)OC(C)C)n2-c2ccc(C)cc2)cc1. The first kappa shape index (κ1) is 22.7. The van der Waals surface area contributed by atoms with Crippen LogP contribution in [0.1, 0.15) is 32.2 Å². The highest BCUT2D eigenvalue weighted by molar-refractivity contribution is 7.99. The monoisotopic (exact) mass is 440 g/mol. The first-order chi connectivity index (χ1) is 15.0. The van der Waals surface area contributed by atoms with Crippen LogP contribution in [0.3, 0.4) is 0 Å². The second kappa shape index (κ2) is 10.9. The summed E-state index contributed by atoms with van der Waals surface area (Å²) < 4.78 is 12.7.